The van der Waals surface area contributed by atoms with Crippen molar-refractivity contribution < 1.29 is 23.1 Å². The maximum absolute atomic E-state index is 13.2. The third-order valence-corrected chi connectivity index (χ3v) is 4.64. The highest BCUT2D eigenvalue weighted by atomic mass is 19.1. The van der Waals surface area contributed by atoms with Crippen molar-refractivity contribution in [2.75, 3.05) is 32.1 Å². The zero-order chi connectivity index (χ0) is 19.4. The summed E-state index contributed by atoms with van der Waals surface area (Å²) in [6, 6.07) is 6.60. The fraction of sp³-hybridized carbons (Fsp3) is 0.368. The minimum atomic E-state index is -0.737. The second-order valence-corrected chi connectivity index (χ2v) is 6.51. The number of aromatic nitrogens is 1. The standard InChI is InChI=1S/C19H21F2N3O3/c1-27-19(26)17-3-2-6-24(17)16-4-7-23(8-5-16)12-18(25)22-15-10-13(20)9-14(21)11-15/h2-3,6,9-11,16H,4-5,7-8,12H2,1H3,(H,22,25). The van der Waals surface area contributed by atoms with E-state index in [0.717, 1.165) is 31.0 Å². The smallest absolute Gasteiger partial charge is 0.354 e. The highest BCUT2D eigenvalue weighted by Crippen LogP contribution is 2.25. The number of ether oxygens (including phenoxy) is 1. The summed E-state index contributed by atoms with van der Waals surface area (Å²) in [6.07, 6.45) is 3.42. The number of amides is 1. The van der Waals surface area contributed by atoms with Gasteiger partial charge in [-0.2, -0.15) is 0 Å². The third-order valence-electron chi connectivity index (χ3n) is 4.64. The van der Waals surface area contributed by atoms with Crippen LogP contribution in [-0.4, -0.2) is 48.1 Å². The molecule has 144 valence electrons. The van der Waals surface area contributed by atoms with Gasteiger partial charge in [0, 0.05) is 37.1 Å². The predicted molar refractivity (Wildman–Crippen MR) is 95.5 cm³/mol. The Morgan fingerprint density at radius 3 is 2.48 bits per heavy atom. The SMILES string of the molecule is COC(=O)c1cccn1C1CCN(CC(=O)Nc2cc(F)cc(F)c2)CC1. The number of anilines is 1. The van der Waals surface area contributed by atoms with E-state index in [1.807, 2.05) is 21.7 Å². The lowest BCUT2D eigenvalue weighted by molar-refractivity contribution is -0.117. The third kappa shape index (κ3) is 4.71. The Labute approximate surface area is 155 Å². The van der Waals surface area contributed by atoms with Crippen molar-refractivity contribution in [1.29, 1.82) is 0 Å². The van der Waals surface area contributed by atoms with Crippen LogP contribution in [0, 0.1) is 11.6 Å². The number of carbonyl (C=O) groups excluding carboxylic acids is 2. The molecule has 0 saturated carbocycles. The highest BCUT2D eigenvalue weighted by Gasteiger charge is 2.24. The van der Waals surface area contributed by atoms with Crippen LogP contribution in [-0.2, 0) is 9.53 Å². The van der Waals surface area contributed by atoms with E-state index in [0.29, 0.717) is 18.8 Å². The molecule has 27 heavy (non-hydrogen) atoms. The van der Waals surface area contributed by atoms with Gasteiger partial charge >= 0.3 is 5.97 Å². The number of nitrogens with one attached hydrogen (secondary N) is 1. The number of halogens is 2. The Morgan fingerprint density at radius 2 is 1.85 bits per heavy atom. The van der Waals surface area contributed by atoms with Gasteiger partial charge in [0.15, 0.2) is 0 Å². The van der Waals surface area contributed by atoms with Gasteiger partial charge in [0.2, 0.25) is 5.91 Å². The molecule has 1 fully saturated rings. The summed E-state index contributed by atoms with van der Waals surface area (Å²) in [5.74, 6) is -2.17. The fourth-order valence-corrected chi connectivity index (χ4v) is 3.37. The lowest BCUT2D eigenvalue weighted by atomic mass is 10.0. The van der Waals surface area contributed by atoms with Crippen LogP contribution in [0.1, 0.15) is 29.4 Å². The molecule has 1 aromatic heterocycles. The molecule has 0 unspecified atom stereocenters. The lowest BCUT2D eigenvalue weighted by Gasteiger charge is -2.32. The van der Waals surface area contributed by atoms with Crippen molar-refractivity contribution in [2.45, 2.75) is 18.9 Å². The molecule has 0 aliphatic carbocycles. The van der Waals surface area contributed by atoms with Crippen LogP contribution >= 0.6 is 0 Å². The molecule has 0 spiro atoms. The van der Waals surface area contributed by atoms with Gasteiger partial charge in [-0.25, -0.2) is 13.6 Å². The number of esters is 1. The van der Waals surface area contributed by atoms with E-state index >= 15 is 0 Å². The van der Waals surface area contributed by atoms with E-state index in [-0.39, 0.29) is 30.2 Å². The molecular weight excluding hydrogens is 356 g/mol. The molecule has 1 aliphatic heterocycles. The average Bonchev–Trinajstić information content (AvgIpc) is 3.10. The number of benzene rings is 1. The summed E-state index contributed by atoms with van der Waals surface area (Å²) in [5.41, 5.74) is 0.615. The van der Waals surface area contributed by atoms with E-state index in [2.05, 4.69) is 5.32 Å². The van der Waals surface area contributed by atoms with Gasteiger partial charge < -0.3 is 14.6 Å². The predicted octanol–water partition coefficient (Wildman–Crippen LogP) is 2.83. The number of piperidine rings is 1. The largest absolute Gasteiger partial charge is 0.464 e. The van der Waals surface area contributed by atoms with Crippen molar-refractivity contribution in [1.82, 2.24) is 9.47 Å². The van der Waals surface area contributed by atoms with Crippen molar-refractivity contribution in [3.8, 4) is 0 Å². The number of hydrogen-bond donors (Lipinski definition) is 1. The molecule has 0 atom stereocenters. The van der Waals surface area contributed by atoms with Crippen LogP contribution in [0.2, 0.25) is 0 Å². The molecule has 1 amide bonds. The van der Waals surface area contributed by atoms with Crippen LogP contribution in [0.25, 0.3) is 0 Å². The zero-order valence-corrected chi connectivity index (χ0v) is 15.0. The Morgan fingerprint density at radius 1 is 1.19 bits per heavy atom. The van der Waals surface area contributed by atoms with E-state index in [1.54, 1.807) is 6.07 Å². The lowest BCUT2D eigenvalue weighted by Crippen LogP contribution is -2.40. The molecule has 0 bridgehead atoms. The van der Waals surface area contributed by atoms with E-state index in [9.17, 15) is 18.4 Å². The Hall–Kier alpha value is -2.74. The number of likely N-dealkylation sites (tertiary alicyclic amines) is 1. The van der Waals surface area contributed by atoms with Crippen LogP contribution in [0.4, 0.5) is 14.5 Å². The first-order chi connectivity index (χ1) is 13.0. The Bertz CT molecular complexity index is 809. The van der Waals surface area contributed by atoms with Gasteiger partial charge in [-0.3, -0.25) is 9.69 Å². The quantitative estimate of drug-likeness (QED) is 0.814. The minimum Gasteiger partial charge on any atom is -0.464 e. The Kier molecular flexibility index (Phi) is 5.85. The molecule has 2 aromatic rings. The molecule has 3 rings (SSSR count). The molecular formula is C19H21F2N3O3. The summed E-state index contributed by atoms with van der Waals surface area (Å²) >= 11 is 0. The van der Waals surface area contributed by atoms with Crippen LogP contribution in [0.15, 0.2) is 36.5 Å². The van der Waals surface area contributed by atoms with Crippen LogP contribution < -0.4 is 5.32 Å². The number of hydrogen-bond acceptors (Lipinski definition) is 4. The first-order valence-electron chi connectivity index (χ1n) is 8.69. The number of nitrogens with zero attached hydrogens (tertiary/aromatic N) is 2. The van der Waals surface area contributed by atoms with Crippen molar-refractivity contribution in [3.63, 3.8) is 0 Å². The van der Waals surface area contributed by atoms with Crippen LogP contribution in [0.3, 0.4) is 0 Å². The molecule has 8 heteroatoms. The summed E-state index contributed by atoms with van der Waals surface area (Å²) in [5, 5.41) is 2.51. The maximum Gasteiger partial charge on any atom is 0.354 e. The molecule has 6 nitrogen and oxygen atoms in total. The molecule has 1 aliphatic rings. The van der Waals surface area contributed by atoms with Gasteiger partial charge in [0.25, 0.3) is 0 Å². The van der Waals surface area contributed by atoms with Gasteiger partial charge in [0.05, 0.1) is 13.7 Å². The number of carbonyl (C=O) groups is 2. The summed E-state index contributed by atoms with van der Waals surface area (Å²) in [7, 11) is 1.35. The fourth-order valence-electron chi connectivity index (χ4n) is 3.37. The normalized spacial score (nSPS) is 15.5. The first-order valence-corrected chi connectivity index (χ1v) is 8.69. The van der Waals surface area contributed by atoms with E-state index in [1.165, 1.54) is 7.11 Å². The highest BCUT2D eigenvalue weighted by molar-refractivity contribution is 5.92. The Balaban J connectivity index is 1.53. The summed E-state index contributed by atoms with van der Waals surface area (Å²) < 4.78 is 33.1. The summed E-state index contributed by atoms with van der Waals surface area (Å²) in [4.78, 5) is 25.9. The first kappa shape index (κ1) is 19.0. The topological polar surface area (TPSA) is 63.6 Å². The average molecular weight is 377 g/mol. The molecule has 0 radical (unpaired) electrons. The maximum atomic E-state index is 13.2. The second kappa shape index (κ2) is 8.30. The van der Waals surface area contributed by atoms with Crippen molar-refractivity contribution in [3.05, 3.63) is 53.9 Å². The van der Waals surface area contributed by atoms with Crippen molar-refractivity contribution in [2.24, 2.45) is 0 Å². The monoisotopic (exact) mass is 377 g/mol. The van der Waals surface area contributed by atoms with E-state index < -0.39 is 11.6 Å². The summed E-state index contributed by atoms with van der Waals surface area (Å²) in [6.45, 7) is 1.49. The molecule has 2 heterocycles. The number of methoxy groups -OCH3 is 1. The minimum absolute atomic E-state index is 0.0995. The zero-order valence-electron chi connectivity index (χ0n) is 15.0. The van der Waals surface area contributed by atoms with Gasteiger partial charge in [0.1, 0.15) is 17.3 Å². The molecule has 1 saturated heterocycles. The number of rotatable bonds is 5. The molecule has 1 N–H and O–H groups in total. The second-order valence-electron chi connectivity index (χ2n) is 6.51. The van der Waals surface area contributed by atoms with E-state index in [4.69, 9.17) is 4.74 Å². The van der Waals surface area contributed by atoms with Crippen LogP contribution in [0.5, 0.6) is 0 Å². The van der Waals surface area contributed by atoms with Gasteiger partial charge in [-0.15, -0.1) is 0 Å². The van der Waals surface area contributed by atoms with Gasteiger partial charge in [-0.1, -0.05) is 0 Å². The van der Waals surface area contributed by atoms with Gasteiger partial charge in [-0.05, 0) is 37.1 Å². The molecule has 1 aromatic carbocycles. The van der Waals surface area contributed by atoms with Crippen molar-refractivity contribution >= 4 is 17.6 Å².